The minimum absolute atomic E-state index is 0.197. The summed E-state index contributed by atoms with van der Waals surface area (Å²) in [4.78, 5) is 0. The molecule has 0 amide bonds. The van der Waals surface area contributed by atoms with Crippen molar-refractivity contribution in [3.05, 3.63) is 6.20 Å². The van der Waals surface area contributed by atoms with Crippen LogP contribution in [0.2, 0.25) is 0 Å². The zero-order chi connectivity index (χ0) is 10.2. The summed E-state index contributed by atoms with van der Waals surface area (Å²) in [5, 5.41) is 7.75. The van der Waals surface area contributed by atoms with Crippen LogP contribution in [0.5, 0.6) is 0 Å². The maximum atomic E-state index is 5.83. The normalized spacial score (nSPS) is 19.9. The molecule has 1 aromatic rings. The predicted molar refractivity (Wildman–Crippen MR) is 58.1 cm³/mol. The van der Waals surface area contributed by atoms with E-state index in [1.807, 2.05) is 13.2 Å². The quantitative estimate of drug-likeness (QED) is 0.754. The van der Waals surface area contributed by atoms with Crippen molar-refractivity contribution in [2.24, 2.45) is 7.05 Å². The van der Waals surface area contributed by atoms with E-state index in [-0.39, 0.29) is 5.54 Å². The number of nitrogens with zero attached hydrogens (tertiary/aromatic N) is 2. The molecule has 4 heteroatoms. The van der Waals surface area contributed by atoms with E-state index >= 15 is 0 Å². The standard InChI is InChI=1S/C10H18N4/c1-10(5-3-4-6-10)12-9-8(11)7-14(2)13-9/h7H,3-6,11H2,1-2H3,(H,12,13). The maximum absolute atomic E-state index is 5.83. The molecule has 1 aromatic heterocycles. The van der Waals surface area contributed by atoms with E-state index in [9.17, 15) is 0 Å². The molecular formula is C10H18N4. The van der Waals surface area contributed by atoms with Crippen molar-refractivity contribution in [1.82, 2.24) is 9.78 Å². The smallest absolute Gasteiger partial charge is 0.171 e. The Hall–Kier alpha value is -1.19. The van der Waals surface area contributed by atoms with E-state index in [4.69, 9.17) is 5.73 Å². The van der Waals surface area contributed by atoms with Crippen LogP contribution in [-0.4, -0.2) is 15.3 Å². The lowest BCUT2D eigenvalue weighted by Crippen LogP contribution is -2.31. The molecule has 0 aromatic carbocycles. The predicted octanol–water partition coefficient (Wildman–Crippen LogP) is 1.75. The number of nitrogens with one attached hydrogen (secondary N) is 1. The van der Waals surface area contributed by atoms with Gasteiger partial charge in [-0.1, -0.05) is 12.8 Å². The van der Waals surface area contributed by atoms with Crippen molar-refractivity contribution in [1.29, 1.82) is 0 Å². The summed E-state index contributed by atoms with van der Waals surface area (Å²) < 4.78 is 1.75. The van der Waals surface area contributed by atoms with Gasteiger partial charge in [-0.25, -0.2) is 0 Å². The Morgan fingerprint density at radius 2 is 2.14 bits per heavy atom. The van der Waals surface area contributed by atoms with E-state index in [1.165, 1.54) is 25.7 Å². The van der Waals surface area contributed by atoms with Crippen molar-refractivity contribution in [2.75, 3.05) is 11.1 Å². The number of hydrogen-bond donors (Lipinski definition) is 2. The van der Waals surface area contributed by atoms with E-state index in [2.05, 4.69) is 17.3 Å². The highest BCUT2D eigenvalue weighted by Gasteiger charge is 2.29. The Morgan fingerprint density at radius 1 is 1.50 bits per heavy atom. The molecule has 0 atom stereocenters. The lowest BCUT2D eigenvalue weighted by Gasteiger charge is -2.25. The van der Waals surface area contributed by atoms with Crippen LogP contribution >= 0.6 is 0 Å². The van der Waals surface area contributed by atoms with Crippen LogP contribution < -0.4 is 11.1 Å². The Kier molecular flexibility index (Phi) is 2.13. The molecule has 0 radical (unpaired) electrons. The fraction of sp³-hybridized carbons (Fsp3) is 0.700. The van der Waals surface area contributed by atoms with Crippen LogP contribution in [0.1, 0.15) is 32.6 Å². The van der Waals surface area contributed by atoms with Crippen molar-refractivity contribution >= 4 is 11.5 Å². The van der Waals surface area contributed by atoms with Crippen molar-refractivity contribution in [3.63, 3.8) is 0 Å². The second-order valence-corrected chi connectivity index (χ2v) is 4.50. The molecule has 1 saturated carbocycles. The Labute approximate surface area is 84.5 Å². The minimum atomic E-state index is 0.197. The van der Waals surface area contributed by atoms with E-state index < -0.39 is 0 Å². The first-order valence-electron chi connectivity index (χ1n) is 5.16. The fourth-order valence-corrected chi connectivity index (χ4v) is 2.17. The summed E-state index contributed by atoms with van der Waals surface area (Å²) in [6.45, 7) is 2.24. The SMILES string of the molecule is Cn1cc(N)c(NC2(C)CCCC2)n1. The highest BCUT2D eigenvalue weighted by molar-refractivity contribution is 5.61. The van der Waals surface area contributed by atoms with Gasteiger partial charge in [0, 0.05) is 18.8 Å². The average Bonchev–Trinajstić information content (AvgIpc) is 2.61. The maximum Gasteiger partial charge on any atom is 0.171 e. The van der Waals surface area contributed by atoms with Crippen molar-refractivity contribution in [3.8, 4) is 0 Å². The first-order chi connectivity index (χ1) is 6.59. The lowest BCUT2D eigenvalue weighted by molar-refractivity contribution is 0.529. The van der Waals surface area contributed by atoms with Gasteiger partial charge >= 0.3 is 0 Å². The number of nitrogen functional groups attached to an aromatic ring is 1. The number of anilines is 2. The highest BCUT2D eigenvalue weighted by Crippen LogP contribution is 2.33. The molecule has 78 valence electrons. The summed E-state index contributed by atoms with van der Waals surface area (Å²) in [5.41, 5.74) is 6.77. The zero-order valence-corrected chi connectivity index (χ0v) is 8.88. The molecule has 0 spiro atoms. The molecular weight excluding hydrogens is 176 g/mol. The number of aryl methyl sites for hydroxylation is 1. The Morgan fingerprint density at radius 3 is 2.64 bits per heavy atom. The molecule has 1 aliphatic rings. The molecule has 2 rings (SSSR count). The van der Waals surface area contributed by atoms with Gasteiger partial charge in [0.1, 0.15) is 0 Å². The fourth-order valence-electron chi connectivity index (χ4n) is 2.17. The Balaban J connectivity index is 2.13. The minimum Gasteiger partial charge on any atom is -0.394 e. The van der Waals surface area contributed by atoms with Gasteiger partial charge in [-0.2, -0.15) is 5.10 Å². The molecule has 4 nitrogen and oxygen atoms in total. The van der Waals surface area contributed by atoms with Crippen molar-refractivity contribution < 1.29 is 0 Å². The molecule has 1 aliphatic carbocycles. The molecule has 0 saturated heterocycles. The van der Waals surface area contributed by atoms with Gasteiger partial charge in [0.25, 0.3) is 0 Å². The number of aromatic nitrogens is 2. The van der Waals surface area contributed by atoms with Crippen LogP contribution in [0, 0.1) is 0 Å². The van der Waals surface area contributed by atoms with Crippen molar-refractivity contribution in [2.45, 2.75) is 38.1 Å². The molecule has 0 bridgehead atoms. The van der Waals surface area contributed by atoms with Crippen LogP contribution in [0.25, 0.3) is 0 Å². The van der Waals surface area contributed by atoms with Gasteiger partial charge in [0.15, 0.2) is 5.82 Å². The van der Waals surface area contributed by atoms with E-state index in [1.54, 1.807) is 4.68 Å². The monoisotopic (exact) mass is 194 g/mol. The molecule has 1 fully saturated rings. The van der Waals surface area contributed by atoms with Gasteiger partial charge in [-0.3, -0.25) is 4.68 Å². The van der Waals surface area contributed by atoms with Gasteiger partial charge in [-0.15, -0.1) is 0 Å². The molecule has 3 N–H and O–H groups in total. The molecule has 0 unspecified atom stereocenters. The molecule has 14 heavy (non-hydrogen) atoms. The van der Waals surface area contributed by atoms with Gasteiger partial charge in [0.05, 0.1) is 5.69 Å². The number of hydrogen-bond acceptors (Lipinski definition) is 3. The summed E-state index contributed by atoms with van der Waals surface area (Å²) in [6, 6.07) is 0. The highest BCUT2D eigenvalue weighted by atomic mass is 15.3. The molecule has 1 heterocycles. The van der Waals surface area contributed by atoms with Crippen LogP contribution in [0.15, 0.2) is 6.20 Å². The summed E-state index contributed by atoms with van der Waals surface area (Å²) >= 11 is 0. The van der Waals surface area contributed by atoms with Crippen LogP contribution in [-0.2, 0) is 7.05 Å². The van der Waals surface area contributed by atoms with E-state index in [0.717, 1.165) is 11.5 Å². The number of rotatable bonds is 2. The Bertz CT molecular complexity index is 323. The van der Waals surface area contributed by atoms with E-state index in [0.29, 0.717) is 0 Å². The number of nitrogens with two attached hydrogens (primary N) is 1. The first kappa shape index (κ1) is 9.37. The third-order valence-corrected chi connectivity index (χ3v) is 2.98. The summed E-state index contributed by atoms with van der Waals surface area (Å²) in [6.07, 6.45) is 6.86. The largest absolute Gasteiger partial charge is 0.394 e. The second-order valence-electron chi connectivity index (χ2n) is 4.50. The average molecular weight is 194 g/mol. The van der Waals surface area contributed by atoms with Gasteiger partial charge in [-0.05, 0) is 19.8 Å². The third kappa shape index (κ3) is 1.69. The third-order valence-electron chi connectivity index (χ3n) is 2.98. The van der Waals surface area contributed by atoms with Crippen LogP contribution in [0.3, 0.4) is 0 Å². The lowest BCUT2D eigenvalue weighted by atomic mass is 10.0. The first-order valence-corrected chi connectivity index (χ1v) is 5.16. The summed E-state index contributed by atoms with van der Waals surface area (Å²) in [7, 11) is 1.89. The van der Waals surface area contributed by atoms with Gasteiger partial charge in [0.2, 0.25) is 0 Å². The molecule has 0 aliphatic heterocycles. The van der Waals surface area contributed by atoms with Gasteiger partial charge < -0.3 is 11.1 Å². The zero-order valence-electron chi connectivity index (χ0n) is 8.88. The van der Waals surface area contributed by atoms with Crippen LogP contribution in [0.4, 0.5) is 11.5 Å². The summed E-state index contributed by atoms with van der Waals surface area (Å²) in [5.74, 6) is 0.830. The second kappa shape index (κ2) is 3.19. The topological polar surface area (TPSA) is 55.9 Å².